The second-order valence-corrected chi connectivity index (χ2v) is 7.69. The highest BCUT2D eigenvalue weighted by molar-refractivity contribution is 8.27. The molecule has 0 unspecified atom stereocenters. The molecule has 152 valence electrons. The van der Waals surface area contributed by atoms with Gasteiger partial charge < -0.3 is 14.2 Å². The summed E-state index contributed by atoms with van der Waals surface area (Å²) in [7, 11) is 0. The molecule has 1 heterocycles. The maximum Gasteiger partial charge on any atom is 0.270 e. The molecule has 1 fully saturated rings. The second kappa shape index (κ2) is 9.80. The molecule has 1 saturated heterocycles. The van der Waals surface area contributed by atoms with Crippen LogP contribution < -0.4 is 19.1 Å². The Morgan fingerprint density at radius 2 is 1.59 bits per heavy atom. The molecule has 0 bridgehead atoms. The summed E-state index contributed by atoms with van der Waals surface area (Å²) >= 11 is 6.74. The van der Waals surface area contributed by atoms with Crippen LogP contribution >= 0.6 is 24.0 Å². The Labute approximate surface area is 180 Å². The first kappa shape index (κ1) is 21.2. The van der Waals surface area contributed by atoms with Gasteiger partial charge in [-0.25, -0.2) is 0 Å². The number of rotatable bonds is 8. The van der Waals surface area contributed by atoms with Crippen molar-refractivity contribution in [1.29, 1.82) is 0 Å². The highest BCUT2D eigenvalue weighted by Gasteiger charge is 2.33. The molecule has 1 aliphatic heterocycles. The summed E-state index contributed by atoms with van der Waals surface area (Å²) in [5.41, 5.74) is 1.57. The summed E-state index contributed by atoms with van der Waals surface area (Å²) in [6.45, 7) is 7.46. The quantitative estimate of drug-likeness (QED) is 0.420. The Morgan fingerprint density at radius 3 is 2.24 bits per heavy atom. The summed E-state index contributed by atoms with van der Waals surface area (Å²) < 4.78 is 17.2. The third-order valence-electron chi connectivity index (χ3n) is 4.06. The van der Waals surface area contributed by atoms with E-state index in [1.54, 1.807) is 4.90 Å². The van der Waals surface area contributed by atoms with E-state index < -0.39 is 0 Å². The Kier molecular flexibility index (Phi) is 7.17. The van der Waals surface area contributed by atoms with Crippen molar-refractivity contribution in [2.24, 2.45) is 0 Å². The Balaban J connectivity index is 1.85. The van der Waals surface area contributed by atoms with E-state index in [2.05, 4.69) is 0 Å². The monoisotopic (exact) mass is 429 g/mol. The van der Waals surface area contributed by atoms with Crippen molar-refractivity contribution >= 4 is 46.0 Å². The molecule has 0 aromatic heterocycles. The fraction of sp³-hybridized carbons (Fsp3) is 0.273. The van der Waals surface area contributed by atoms with Crippen LogP contribution in [0.15, 0.2) is 47.4 Å². The van der Waals surface area contributed by atoms with Crippen molar-refractivity contribution in [3.8, 4) is 17.2 Å². The van der Waals surface area contributed by atoms with E-state index in [0.717, 1.165) is 17.0 Å². The number of carbonyl (C=O) groups excluding carboxylic acids is 1. The SMILES string of the molecule is CCOc1ccc(N2C(=O)/C(=C\c3ccc(OCC)c(OCC)c3)SC2=S)cc1. The number of thiocarbonyl (C=S) groups is 1. The number of hydrogen-bond acceptors (Lipinski definition) is 6. The predicted octanol–water partition coefficient (Wildman–Crippen LogP) is 5.29. The Bertz CT molecular complexity index is 925. The summed E-state index contributed by atoms with van der Waals surface area (Å²) in [5.74, 6) is 1.96. The number of nitrogens with zero attached hydrogens (tertiary/aromatic N) is 1. The first-order valence-corrected chi connectivity index (χ1v) is 10.7. The zero-order valence-corrected chi connectivity index (χ0v) is 18.3. The van der Waals surface area contributed by atoms with E-state index in [0.29, 0.717) is 40.5 Å². The van der Waals surface area contributed by atoms with Gasteiger partial charge in [-0.3, -0.25) is 9.69 Å². The van der Waals surface area contributed by atoms with Gasteiger partial charge in [0.2, 0.25) is 0 Å². The molecule has 0 spiro atoms. The van der Waals surface area contributed by atoms with Crippen molar-refractivity contribution in [2.45, 2.75) is 20.8 Å². The normalized spacial score (nSPS) is 15.1. The van der Waals surface area contributed by atoms with E-state index in [-0.39, 0.29) is 5.91 Å². The molecule has 0 radical (unpaired) electrons. The first-order valence-electron chi connectivity index (χ1n) is 9.47. The maximum absolute atomic E-state index is 13.0. The van der Waals surface area contributed by atoms with Crippen molar-refractivity contribution in [3.63, 3.8) is 0 Å². The van der Waals surface area contributed by atoms with Crippen LogP contribution in [-0.4, -0.2) is 30.0 Å². The van der Waals surface area contributed by atoms with Crippen LogP contribution in [0, 0.1) is 0 Å². The predicted molar refractivity (Wildman–Crippen MR) is 122 cm³/mol. The third-order valence-corrected chi connectivity index (χ3v) is 5.37. The lowest BCUT2D eigenvalue weighted by atomic mass is 10.1. The van der Waals surface area contributed by atoms with Crippen LogP contribution in [0.2, 0.25) is 0 Å². The van der Waals surface area contributed by atoms with Crippen LogP contribution in [0.3, 0.4) is 0 Å². The van der Waals surface area contributed by atoms with Gasteiger partial charge in [-0.05, 0) is 68.8 Å². The van der Waals surface area contributed by atoms with Gasteiger partial charge >= 0.3 is 0 Å². The second-order valence-electron chi connectivity index (χ2n) is 6.02. The number of amides is 1. The topological polar surface area (TPSA) is 48.0 Å². The smallest absolute Gasteiger partial charge is 0.270 e. The molecule has 0 saturated carbocycles. The van der Waals surface area contributed by atoms with Crippen LogP contribution in [0.25, 0.3) is 6.08 Å². The van der Waals surface area contributed by atoms with Crippen molar-refractivity contribution < 1.29 is 19.0 Å². The van der Waals surface area contributed by atoms with E-state index in [1.165, 1.54) is 11.8 Å². The van der Waals surface area contributed by atoms with Crippen LogP contribution in [0.4, 0.5) is 5.69 Å². The average Bonchev–Trinajstić information content (AvgIpc) is 2.98. The third kappa shape index (κ3) is 4.92. The van der Waals surface area contributed by atoms with Gasteiger partial charge in [0.25, 0.3) is 5.91 Å². The van der Waals surface area contributed by atoms with Gasteiger partial charge in [0.15, 0.2) is 15.8 Å². The standard InChI is InChI=1S/C22H23NO4S2/c1-4-25-17-10-8-16(9-11-17)23-21(24)20(29-22(23)28)14-15-7-12-18(26-5-2)19(13-15)27-6-3/h7-14H,4-6H2,1-3H3/b20-14+. The zero-order chi connectivity index (χ0) is 20.8. The van der Waals surface area contributed by atoms with Gasteiger partial charge in [0, 0.05) is 0 Å². The molecule has 2 aromatic carbocycles. The molecule has 0 N–H and O–H groups in total. The molecule has 0 aliphatic carbocycles. The number of thioether (sulfide) groups is 1. The number of hydrogen-bond donors (Lipinski definition) is 0. The van der Waals surface area contributed by atoms with Gasteiger partial charge in [-0.2, -0.15) is 0 Å². The van der Waals surface area contributed by atoms with Gasteiger partial charge in [-0.1, -0.05) is 30.0 Å². The molecule has 29 heavy (non-hydrogen) atoms. The average molecular weight is 430 g/mol. The van der Waals surface area contributed by atoms with E-state index in [1.807, 2.05) is 69.3 Å². The van der Waals surface area contributed by atoms with Crippen molar-refractivity contribution in [2.75, 3.05) is 24.7 Å². The highest BCUT2D eigenvalue weighted by Crippen LogP contribution is 2.37. The number of ether oxygens (including phenoxy) is 3. The van der Waals surface area contributed by atoms with Crippen LogP contribution in [-0.2, 0) is 4.79 Å². The summed E-state index contributed by atoms with van der Waals surface area (Å²) in [4.78, 5) is 15.1. The van der Waals surface area contributed by atoms with E-state index >= 15 is 0 Å². The summed E-state index contributed by atoms with van der Waals surface area (Å²) in [6, 6.07) is 13.0. The van der Waals surface area contributed by atoms with Gasteiger partial charge in [0.05, 0.1) is 30.4 Å². The minimum absolute atomic E-state index is 0.143. The van der Waals surface area contributed by atoms with E-state index in [4.69, 9.17) is 26.4 Å². The lowest BCUT2D eigenvalue weighted by molar-refractivity contribution is -0.113. The molecule has 7 heteroatoms. The highest BCUT2D eigenvalue weighted by atomic mass is 32.2. The van der Waals surface area contributed by atoms with Crippen molar-refractivity contribution in [3.05, 3.63) is 52.9 Å². The lowest BCUT2D eigenvalue weighted by Gasteiger charge is -2.15. The minimum atomic E-state index is -0.143. The molecule has 0 atom stereocenters. The Hall–Kier alpha value is -2.51. The van der Waals surface area contributed by atoms with Crippen LogP contribution in [0.1, 0.15) is 26.3 Å². The van der Waals surface area contributed by atoms with Gasteiger partial charge in [-0.15, -0.1) is 0 Å². The van der Waals surface area contributed by atoms with Crippen LogP contribution in [0.5, 0.6) is 17.2 Å². The molecule has 1 amide bonds. The summed E-state index contributed by atoms with van der Waals surface area (Å²) in [6.07, 6.45) is 1.83. The number of carbonyl (C=O) groups is 1. The van der Waals surface area contributed by atoms with Gasteiger partial charge in [0.1, 0.15) is 5.75 Å². The number of anilines is 1. The lowest BCUT2D eigenvalue weighted by Crippen LogP contribution is -2.27. The molecule has 5 nitrogen and oxygen atoms in total. The zero-order valence-electron chi connectivity index (χ0n) is 16.6. The first-order chi connectivity index (χ1) is 14.1. The minimum Gasteiger partial charge on any atom is -0.494 e. The molecular weight excluding hydrogens is 406 g/mol. The molecule has 2 aromatic rings. The molecular formula is C22H23NO4S2. The molecule has 1 aliphatic rings. The fourth-order valence-electron chi connectivity index (χ4n) is 2.86. The van der Waals surface area contributed by atoms with E-state index in [9.17, 15) is 4.79 Å². The maximum atomic E-state index is 13.0. The Morgan fingerprint density at radius 1 is 0.931 bits per heavy atom. The van der Waals surface area contributed by atoms with Crippen molar-refractivity contribution in [1.82, 2.24) is 0 Å². The fourth-order valence-corrected chi connectivity index (χ4v) is 4.16. The largest absolute Gasteiger partial charge is 0.494 e. The summed E-state index contributed by atoms with van der Waals surface area (Å²) in [5, 5.41) is 0. The molecule has 3 rings (SSSR count). The number of benzene rings is 2.